The average molecular weight is 172 g/mol. The van der Waals surface area contributed by atoms with E-state index in [9.17, 15) is 4.79 Å². The third-order valence-electron chi connectivity index (χ3n) is 2.10. The quantitative estimate of drug-likeness (QED) is 0.585. The van der Waals surface area contributed by atoms with Crippen LogP contribution >= 0.6 is 0 Å². The predicted molar refractivity (Wildman–Crippen MR) is 45.7 cm³/mol. The summed E-state index contributed by atoms with van der Waals surface area (Å²) >= 11 is 0. The van der Waals surface area contributed by atoms with Gasteiger partial charge in [-0.05, 0) is 6.42 Å². The van der Waals surface area contributed by atoms with Crippen LogP contribution in [0.5, 0.6) is 0 Å². The molecule has 0 aromatic carbocycles. The van der Waals surface area contributed by atoms with Crippen molar-refractivity contribution in [1.29, 1.82) is 0 Å². The first-order valence-electron chi connectivity index (χ1n) is 4.32. The molecule has 0 aliphatic carbocycles. The molecule has 4 nitrogen and oxygen atoms in total. The summed E-state index contributed by atoms with van der Waals surface area (Å²) in [5, 5.41) is 11.5. The maximum Gasteiger partial charge on any atom is 0.217 e. The van der Waals surface area contributed by atoms with Crippen LogP contribution in [0, 0.1) is 0 Å². The molecule has 0 spiro atoms. The lowest BCUT2D eigenvalue weighted by molar-refractivity contribution is -0.119. The van der Waals surface area contributed by atoms with E-state index in [0.29, 0.717) is 0 Å². The third kappa shape index (κ3) is 2.79. The molecule has 70 valence electrons. The van der Waals surface area contributed by atoms with Gasteiger partial charge in [-0.2, -0.15) is 0 Å². The fourth-order valence-corrected chi connectivity index (χ4v) is 1.58. The number of rotatable bonds is 3. The molecule has 0 unspecified atom stereocenters. The fourth-order valence-electron chi connectivity index (χ4n) is 1.58. The molecule has 1 heterocycles. The molecule has 0 aromatic rings. The van der Waals surface area contributed by atoms with E-state index in [0.717, 1.165) is 26.1 Å². The number of carbonyl (C=O) groups is 1. The third-order valence-corrected chi connectivity index (χ3v) is 2.10. The van der Waals surface area contributed by atoms with Crippen molar-refractivity contribution >= 4 is 5.91 Å². The lowest BCUT2D eigenvalue weighted by atomic mass is 10.3. The van der Waals surface area contributed by atoms with Gasteiger partial charge in [0.05, 0.1) is 6.61 Å². The summed E-state index contributed by atoms with van der Waals surface area (Å²) in [6.45, 7) is 4.31. The summed E-state index contributed by atoms with van der Waals surface area (Å²) in [6.07, 6.45) is 1.000. The highest BCUT2D eigenvalue weighted by atomic mass is 16.3. The molecule has 1 aliphatic heterocycles. The number of β-amino-alcohol motifs (C(OH)–C–C–N with tert-alkyl or cyclic N) is 1. The molecule has 0 radical (unpaired) electrons. The topological polar surface area (TPSA) is 52.6 Å². The number of amides is 1. The van der Waals surface area contributed by atoms with Crippen LogP contribution in [0.25, 0.3) is 0 Å². The highest BCUT2D eigenvalue weighted by Crippen LogP contribution is 2.07. The van der Waals surface area contributed by atoms with Crippen molar-refractivity contribution < 1.29 is 9.90 Å². The van der Waals surface area contributed by atoms with Crippen molar-refractivity contribution in [3.05, 3.63) is 0 Å². The summed E-state index contributed by atoms with van der Waals surface area (Å²) in [5.74, 6) is 0.0332. The van der Waals surface area contributed by atoms with E-state index in [4.69, 9.17) is 5.11 Å². The van der Waals surface area contributed by atoms with Gasteiger partial charge < -0.3 is 10.4 Å². The monoisotopic (exact) mass is 172 g/mol. The number of aliphatic hydroxyl groups excluding tert-OH is 1. The lowest BCUT2D eigenvalue weighted by Gasteiger charge is -2.14. The molecule has 12 heavy (non-hydrogen) atoms. The SMILES string of the molecule is CC(=O)N[C@@H]1CCN(CCO)C1. The Labute approximate surface area is 72.6 Å². The predicted octanol–water partition coefficient (Wildman–Crippen LogP) is -0.811. The molecule has 1 amide bonds. The molecule has 0 aromatic heterocycles. The number of likely N-dealkylation sites (tertiary alicyclic amines) is 1. The smallest absolute Gasteiger partial charge is 0.217 e. The first kappa shape index (κ1) is 9.48. The zero-order valence-electron chi connectivity index (χ0n) is 7.42. The molecule has 1 fully saturated rings. The molecule has 4 heteroatoms. The second kappa shape index (κ2) is 4.42. The average Bonchev–Trinajstić information content (AvgIpc) is 2.36. The van der Waals surface area contributed by atoms with Crippen LogP contribution in [0.3, 0.4) is 0 Å². The van der Waals surface area contributed by atoms with Crippen molar-refractivity contribution in [2.24, 2.45) is 0 Å². The van der Waals surface area contributed by atoms with Crippen LogP contribution in [0.1, 0.15) is 13.3 Å². The standard InChI is InChI=1S/C8H16N2O2/c1-7(12)9-8-2-3-10(6-8)4-5-11/h8,11H,2-6H2,1H3,(H,9,12)/t8-/m1/s1. The minimum Gasteiger partial charge on any atom is -0.395 e. The van der Waals surface area contributed by atoms with Gasteiger partial charge >= 0.3 is 0 Å². The Morgan fingerprint density at radius 1 is 1.75 bits per heavy atom. The Balaban J connectivity index is 2.21. The Bertz CT molecular complexity index is 161. The second-order valence-electron chi connectivity index (χ2n) is 3.21. The molecule has 0 saturated carbocycles. The Morgan fingerprint density at radius 2 is 2.50 bits per heavy atom. The summed E-state index contributed by atoms with van der Waals surface area (Å²) in [6, 6.07) is 0.286. The maximum atomic E-state index is 10.7. The summed E-state index contributed by atoms with van der Waals surface area (Å²) in [4.78, 5) is 12.8. The van der Waals surface area contributed by atoms with Crippen LogP contribution in [-0.2, 0) is 4.79 Å². The number of hydrogen-bond acceptors (Lipinski definition) is 3. The first-order valence-corrected chi connectivity index (χ1v) is 4.32. The highest BCUT2D eigenvalue weighted by Gasteiger charge is 2.21. The molecule has 1 rings (SSSR count). The first-order chi connectivity index (χ1) is 5.72. The van der Waals surface area contributed by atoms with E-state index in [1.807, 2.05) is 0 Å². The largest absolute Gasteiger partial charge is 0.395 e. The highest BCUT2D eigenvalue weighted by molar-refractivity contribution is 5.73. The van der Waals surface area contributed by atoms with Gasteiger partial charge in [0.1, 0.15) is 0 Å². The van der Waals surface area contributed by atoms with Crippen molar-refractivity contribution in [3.8, 4) is 0 Å². The van der Waals surface area contributed by atoms with Crippen LogP contribution in [-0.4, -0.2) is 48.2 Å². The second-order valence-corrected chi connectivity index (χ2v) is 3.21. The lowest BCUT2D eigenvalue weighted by Crippen LogP contribution is -2.36. The summed E-state index contributed by atoms with van der Waals surface area (Å²) in [7, 11) is 0. The Hall–Kier alpha value is -0.610. The molecule has 1 saturated heterocycles. The van der Waals surface area contributed by atoms with E-state index in [-0.39, 0.29) is 18.6 Å². The molecule has 1 atom stereocenters. The van der Waals surface area contributed by atoms with Crippen LogP contribution in [0.15, 0.2) is 0 Å². The van der Waals surface area contributed by atoms with Crippen LogP contribution in [0.2, 0.25) is 0 Å². The van der Waals surface area contributed by atoms with Gasteiger partial charge in [0.15, 0.2) is 0 Å². The van der Waals surface area contributed by atoms with Gasteiger partial charge in [-0.25, -0.2) is 0 Å². The van der Waals surface area contributed by atoms with E-state index >= 15 is 0 Å². The van der Waals surface area contributed by atoms with E-state index in [2.05, 4.69) is 10.2 Å². The number of nitrogens with one attached hydrogen (secondary N) is 1. The molecular weight excluding hydrogens is 156 g/mol. The number of aliphatic hydroxyl groups is 1. The van der Waals surface area contributed by atoms with E-state index in [1.165, 1.54) is 6.92 Å². The van der Waals surface area contributed by atoms with Crippen LogP contribution < -0.4 is 5.32 Å². The fraction of sp³-hybridized carbons (Fsp3) is 0.875. The zero-order chi connectivity index (χ0) is 8.97. The number of hydrogen-bond donors (Lipinski definition) is 2. The van der Waals surface area contributed by atoms with Crippen molar-refractivity contribution in [3.63, 3.8) is 0 Å². The normalized spacial score (nSPS) is 24.3. The van der Waals surface area contributed by atoms with Gasteiger partial charge in [0.25, 0.3) is 0 Å². The Morgan fingerprint density at radius 3 is 3.08 bits per heavy atom. The minimum absolute atomic E-state index is 0.0332. The molecule has 2 N–H and O–H groups in total. The summed E-state index contributed by atoms with van der Waals surface area (Å²) in [5.41, 5.74) is 0. The number of carbonyl (C=O) groups excluding carboxylic acids is 1. The van der Waals surface area contributed by atoms with E-state index in [1.54, 1.807) is 0 Å². The van der Waals surface area contributed by atoms with Gasteiger partial charge in [-0.15, -0.1) is 0 Å². The molecule has 1 aliphatic rings. The Kier molecular flexibility index (Phi) is 3.49. The van der Waals surface area contributed by atoms with Gasteiger partial charge in [-0.3, -0.25) is 9.69 Å². The zero-order valence-corrected chi connectivity index (χ0v) is 7.42. The number of nitrogens with zero attached hydrogens (tertiary/aromatic N) is 1. The molecule has 0 bridgehead atoms. The van der Waals surface area contributed by atoms with Crippen LogP contribution in [0.4, 0.5) is 0 Å². The van der Waals surface area contributed by atoms with Crippen molar-refractivity contribution in [2.75, 3.05) is 26.2 Å². The van der Waals surface area contributed by atoms with Gasteiger partial charge in [-0.1, -0.05) is 0 Å². The van der Waals surface area contributed by atoms with Gasteiger partial charge in [0.2, 0.25) is 5.91 Å². The van der Waals surface area contributed by atoms with Crippen molar-refractivity contribution in [2.45, 2.75) is 19.4 Å². The minimum atomic E-state index is 0.0332. The maximum absolute atomic E-state index is 10.7. The van der Waals surface area contributed by atoms with Gasteiger partial charge in [0, 0.05) is 32.6 Å². The van der Waals surface area contributed by atoms with Crippen molar-refractivity contribution in [1.82, 2.24) is 10.2 Å². The molecular formula is C8H16N2O2. The summed E-state index contributed by atoms with van der Waals surface area (Å²) < 4.78 is 0. The van der Waals surface area contributed by atoms with E-state index < -0.39 is 0 Å².